The Morgan fingerprint density at radius 3 is 2.47 bits per heavy atom. The van der Waals surface area contributed by atoms with Gasteiger partial charge < -0.3 is 5.73 Å². The van der Waals surface area contributed by atoms with Crippen LogP contribution in [0, 0.1) is 11.9 Å². The topological polar surface area (TPSA) is 51.8 Å². The summed E-state index contributed by atoms with van der Waals surface area (Å²) in [7, 11) is 0. The Morgan fingerprint density at radius 1 is 1.20 bits per heavy atom. The van der Waals surface area contributed by atoms with Crippen LogP contribution in [0.1, 0.15) is 0 Å². The third-order valence-electron chi connectivity index (χ3n) is 1.78. The largest absolute Gasteiger partial charge is 0.368 e. The molecule has 0 saturated heterocycles. The zero-order valence-electron chi connectivity index (χ0n) is 7.54. The summed E-state index contributed by atoms with van der Waals surface area (Å²) in [6, 6.07) is 8.53. The summed E-state index contributed by atoms with van der Waals surface area (Å²) >= 11 is 5.67. The molecular formula is C10H6ClFN3. The lowest BCUT2D eigenvalue weighted by Gasteiger charge is -2.01. The second-order valence-electron chi connectivity index (χ2n) is 2.85. The number of nitrogens with zero attached hydrogens (tertiary/aromatic N) is 2. The van der Waals surface area contributed by atoms with Gasteiger partial charge in [-0.3, -0.25) is 0 Å². The quantitative estimate of drug-likeness (QED) is 0.754. The average molecular weight is 223 g/mol. The molecule has 0 atom stereocenters. The molecule has 0 bridgehead atoms. The van der Waals surface area contributed by atoms with E-state index >= 15 is 0 Å². The van der Waals surface area contributed by atoms with Gasteiger partial charge in [-0.25, -0.2) is 14.4 Å². The number of anilines is 1. The number of nitrogens with two attached hydrogens (primary N) is 1. The number of benzene rings is 1. The molecule has 0 saturated carbocycles. The molecule has 0 spiro atoms. The van der Waals surface area contributed by atoms with Crippen molar-refractivity contribution < 1.29 is 4.39 Å². The van der Waals surface area contributed by atoms with Gasteiger partial charge in [0, 0.05) is 5.56 Å². The van der Waals surface area contributed by atoms with E-state index in [1.165, 1.54) is 12.1 Å². The maximum atomic E-state index is 12.7. The van der Waals surface area contributed by atoms with Gasteiger partial charge in [0.2, 0.25) is 5.95 Å². The molecule has 2 rings (SSSR count). The van der Waals surface area contributed by atoms with Gasteiger partial charge in [-0.1, -0.05) is 11.6 Å². The molecule has 2 N–H and O–H groups in total. The van der Waals surface area contributed by atoms with Crippen molar-refractivity contribution >= 4 is 17.5 Å². The normalized spacial score (nSPS) is 10.3. The number of rotatable bonds is 1. The van der Waals surface area contributed by atoms with Crippen LogP contribution in [0.4, 0.5) is 10.3 Å². The second kappa shape index (κ2) is 3.82. The molecule has 0 fully saturated rings. The Kier molecular flexibility index (Phi) is 2.51. The van der Waals surface area contributed by atoms with Gasteiger partial charge in [0.25, 0.3) is 0 Å². The van der Waals surface area contributed by atoms with Crippen molar-refractivity contribution in [2.24, 2.45) is 0 Å². The molecule has 3 nitrogen and oxygen atoms in total. The maximum absolute atomic E-state index is 12.7. The van der Waals surface area contributed by atoms with Crippen molar-refractivity contribution in [1.29, 1.82) is 0 Å². The van der Waals surface area contributed by atoms with Crippen LogP contribution >= 0.6 is 11.6 Å². The first-order valence-corrected chi connectivity index (χ1v) is 4.51. The highest BCUT2D eigenvalue weighted by Crippen LogP contribution is 2.19. The molecule has 0 unspecified atom stereocenters. The van der Waals surface area contributed by atoms with Crippen LogP contribution in [0.25, 0.3) is 11.3 Å². The zero-order chi connectivity index (χ0) is 10.8. The summed E-state index contributed by atoms with van der Waals surface area (Å²) in [6.07, 6.45) is 0. The predicted molar refractivity (Wildman–Crippen MR) is 55.7 cm³/mol. The molecule has 0 aliphatic heterocycles. The standard InChI is InChI=1S/C10H6ClFN3/c11-9-5-8(14-10(13)15-9)6-1-3-7(12)4-2-6/h1-4H,(H2,13,14,15). The van der Waals surface area contributed by atoms with Gasteiger partial charge >= 0.3 is 0 Å². The number of aromatic nitrogens is 2. The van der Waals surface area contributed by atoms with Crippen molar-refractivity contribution in [3.63, 3.8) is 0 Å². The highest BCUT2D eigenvalue weighted by Gasteiger charge is 2.04. The van der Waals surface area contributed by atoms with Crippen LogP contribution in [0.3, 0.4) is 0 Å². The number of hydrogen-bond acceptors (Lipinski definition) is 3. The number of nitrogen functional groups attached to an aromatic ring is 1. The van der Waals surface area contributed by atoms with Crippen molar-refractivity contribution in [3.05, 3.63) is 41.3 Å². The van der Waals surface area contributed by atoms with Crippen LogP contribution < -0.4 is 5.73 Å². The summed E-state index contributed by atoms with van der Waals surface area (Å²) in [4.78, 5) is 7.62. The highest BCUT2D eigenvalue weighted by atomic mass is 35.5. The zero-order valence-corrected chi connectivity index (χ0v) is 8.29. The summed E-state index contributed by atoms with van der Waals surface area (Å²) in [5.74, 6) is -0.245. The van der Waals surface area contributed by atoms with Crippen molar-refractivity contribution in [1.82, 2.24) is 9.97 Å². The van der Waals surface area contributed by atoms with E-state index in [4.69, 9.17) is 17.3 Å². The fourth-order valence-electron chi connectivity index (χ4n) is 1.14. The Balaban J connectivity index is 2.49. The first kappa shape index (κ1) is 9.86. The molecule has 0 aliphatic rings. The Bertz CT molecular complexity index is 464. The first-order chi connectivity index (χ1) is 7.15. The maximum Gasteiger partial charge on any atom is 0.222 e. The van der Waals surface area contributed by atoms with Gasteiger partial charge in [-0.05, 0) is 24.3 Å². The van der Waals surface area contributed by atoms with Gasteiger partial charge in [0.05, 0.1) is 11.8 Å². The van der Waals surface area contributed by atoms with Gasteiger partial charge in [-0.15, -0.1) is 0 Å². The minimum Gasteiger partial charge on any atom is -0.368 e. The number of hydrogen-bond donors (Lipinski definition) is 1. The fraction of sp³-hybridized carbons (Fsp3) is 0. The molecule has 1 aromatic carbocycles. The molecule has 15 heavy (non-hydrogen) atoms. The van der Waals surface area contributed by atoms with Crippen molar-refractivity contribution in [3.8, 4) is 11.3 Å². The van der Waals surface area contributed by atoms with Crippen LogP contribution in [0.15, 0.2) is 24.3 Å². The Morgan fingerprint density at radius 2 is 1.87 bits per heavy atom. The minimum atomic E-state index is -0.313. The first-order valence-electron chi connectivity index (χ1n) is 4.13. The highest BCUT2D eigenvalue weighted by molar-refractivity contribution is 6.29. The van der Waals surface area contributed by atoms with Gasteiger partial charge in [0.1, 0.15) is 11.0 Å². The van der Waals surface area contributed by atoms with E-state index in [0.29, 0.717) is 11.3 Å². The molecule has 1 heterocycles. The molecule has 1 aromatic heterocycles. The second-order valence-corrected chi connectivity index (χ2v) is 3.21. The molecule has 0 aliphatic carbocycles. The van der Waals surface area contributed by atoms with E-state index in [-0.39, 0.29) is 16.9 Å². The van der Waals surface area contributed by atoms with E-state index in [9.17, 15) is 4.39 Å². The third-order valence-corrected chi connectivity index (χ3v) is 1.96. The van der Waals surface area contributed by atoms with E-state index in [1.807, 2.05) is 0 Å². The monoisotopic (exact) mass is 222 g/mol. The fourth-order valence-corrected chi connectivity index (χ4v) is 1.31. The molecular weight excluding hydrogens is 217 g/mol. The van der Waals surface area contributed by atoms with Crippen molar-refractivity contribution in [2.75, 3.05) is 5.73 Å². The SMILES string of the molecule is Nc1nc(Cl)[c]c(-c2ccc(F)cc2)n1. The minimum absolute atomic E-state index is 0.0677. The van der Waals surface area contributed by atoms with Crippen LogP contribution in [0.2, 0.25) is 5.15 Å². The summed E-state index contributed by atoms with van der Waals surface area (Å²) in [5.41, 5.74) is 6.56. The Hall–Kier alpha value is -1.68. The smallest absolute Gasteiger partial charge is 0.222 e. The van der Waals surface area contributed by atoms with E-state index in [0.717, 1.165) is 0 Å². The third kappa shape index (κ3) is 2.22. The molecule has 5 heteroatoms. The van der Waals surface area contributed by atoms with Crippen LogP contribution in [-0.4, -0.2) is 9.97 Å². The Labute approximate surface area is 90.7 Å². The van der Waals surface area contributed by atoms with E-state index < -0.39 is 0 Å². The lowest BCUT2D eigenvalue weighted by atomic mass is 10.1. The van der Waals surface area contributed by atoms with Crippen LogP contribution in [-0.2, 0) is 0 Å². The van der Waals surface area contributed by atoms with E-state index in [2.05, 4.69) is 16.0 Å². The van der Waals surface area contributed by atoms with E-state index in [1.54, 1.807) is 12.1 Å². The van der Waals surface area contributed by atoms with Gasteiger partial charge in [-0.2, -0.15) is 0 Å². The number of halogens is 2. The molecule has 1 radical (unpaired) electrons. The lowest BCUT2D eigenvalue weighted by Crippen LogP contribution is -1.96. The molecule has 2 aromatic rings. The summed E-state index contributed by atoms with van der Waals surface area (Å²) < 4.78 is 12.7. The van der Waals surface area contributed by atoms with Crippen molar-refractivity contribution in [2.45, 2.75) is 0 Å². The summed E-state index contributed by atoms with van der Waals surface area (Å²) in [5, 5.41) is 0.141. The van der Waals surface area contributed by atoms with Gasteiger partial charge in [0.15, 0.2) is 0 Å². The lowest BCUT2D eigenvalue weighted by molar-refractivity contribution is 0.628. The summed E-state index contributed by atoms with van der Waals surface area (Å²) in [6.45, 7) is 0. The molecule has 0 amide bonds. The molecule has 75 valence electrons. The average Bonchev–Trinajstić information content (AvgIpc) is 2.17. The van der Waals surface area contributed by atoms with Crippen LogP contribution in [0.5, 0.6) is 0 Å². The predicted octanol–water partition coefficient (Wildman–Crippen LogP) is 2.32.